The van der Waals surface area contributed by atoms with Crippen LogP contribution < -0.4 is 5.32 Å². The Morgan fingerprint density at radius 1 is 1.35 bits per heavy atom. The molecule has 4 heteroatoms. The van der Waals surface area contributed by atoms with Crippen LogP contribution in [-0.4, -0.2) is 16.5 Å². The maximum absolute atomic E-state index is 4.35. The summed E-state index contributed by atoms with van der Waals surface area (Å²) in [6.45, 7) is 5.25. The van der Waals surface area contributed by atoms with Crippen molar-refractivity contribution in [2.75, 3.05) is 6.54 Å². The molecule has 0 amide bonds. The zero-order chi connectivity index (χ0) is 12.1. The van der Waals surface area contributed by atoms with Crippen molar-refractivity contribution >= 4 is 11.3 Å². The van der Waals surface area contributed by atoms with Gasteiger partial charge in [-0.1, -0.05) is 6.92 Å². The Labute approximate surface area is 106 Å². The Kier molecular flexibility index (Phi) is 4.23. The molecule has 0 fully saturated rings. The van der Waals surface area contributed by atoms with E-state index in [4.69, 9.17) is 0 Å². The van der Waals surface area contributed by atoms with E-state index >= 15 is 0 Å². The van der Waals surface area contributed by atoms with Crippen LogP contribution >= 0.6 is 11.3 Å². The molecule has 0 aliphatic heterocycles. The first kappa shape index (κ1) is 12.2. The van der Waals surface area contributed by atoms with E-state index in [0.29, 0.717) is 0 Å². The molecule has 2 aromatic heterocycles. The summed E-state index contributed by atoms with van der Waals surface area (Å²) in [5, 5.41) is 5.68. The summed E-state index contributed by atoms with van der Waals surface area (Å²) in [6, 6.07) is 4.16. The SMILES string of the molecule is CCCNC(c1csc(C)c1)c1ncccn1. The molecule has 1 N–H and O–H groups in total. The Morgan fingerprint density at radius 2 is 2.12 bits per heavy atom. The molecule has 17 heavy (non-hydrogen) atoms. The van der Waals surface area contributed by atoms with Gasteiger partial charge in [0.25, 0.3) is 0 Å². The van der Waals surface area contributed by atoms with Crippen LogP contribution in [0.25, 0.3) is 0 Å². The molecule has 3 nitrogen and oxygen atoms in total. The second-order valence-electron chi connectivity index (χ2n) is 3.98. The number of nitrogens with zero attached hydrogens (tertiary/aromatic N) is 2. The average molecular weight is 247 g/mol. The minimum absolute atomic E-state index is 0.112. The molecule has 0 spiro atoms. The lowest BCUT2D eigenvalue weighted by molar-refractivity contribution is 0.573. The number of aryl methyl sites for hydroxylation is 1. The van der Waals surface area contributed by atoms with Gasteiger partial charge in [-0.15, -0.1) is 11.3 Å². The fourth-order valence-electron chi connectivity index (χ4n) is 1.72. The third-order valence-electron chi connectivity index (χ3n) is 2.53. The number of aromatic nitrogens is 2. The number of thiophene rings is 1. The van der Waals surface area contributed by atoms with Crippen molar-refractivity contribution in [2.24, 2.45) is 0 Å². The molecule has 2 aromatic rings. The van der Waals surface area contributed by atoms with Crippen LogP contribution in [0, 0.1) is 6.92 Å². The van der Waals surface area contributed by atoms with Crippen LogP contribution in [0.3, 0.4) is 0 Å². The Morgan fingerprint density at radius 3 is 2.71 bits per heavy atom. The van der Waals surface area contributed by atoms with Crippen molar-refractivity contribution in [3.8, 4) is 0 Å². The van der Waals surface area contributed by atoms with Gasteiger partial charge < -0.3 is 5.32 Å². The van der Waals surface area contributed by atoms with Crippen LogP contribution in [0.5, 0.6) is 0 Å². The van der Waals surface area contributed by atoms with E-state index in [9.17, 15) is 0 Å². The molecule has 1 atom stereocenters. The van der Waals surface area contributed by atoms with Gasteiger partial charge in [0.1, 0.15) is 5.82 Å². The predicted octanol–water partition coefficient (Wildman–Crippen LogP) is 2.94. The van der Waals surface area contributed by atoms with E-state index in [1.54, 1.807) is 23.7 Å². The summed E-state index contributed by atoms with van der Waals surface area (Å²) < 4.78 is 0. The minimum atomic E-state index is 0.112. The van der Waals surface area contributed by atoms with Crippen LogP contribution in [0.15, 0.2) is 29.9 Å². The summed E-state index contributed by atoms with van der Waals surface area (Å²) >= 11 is 1.77. The highest BCUT2D eigenvalue weighted by Crippen LogP contribution is 2.23. The smallest absolute Gasteiger partial charge is 0.149 e. The van der Waals surface area contributed by atoms with E-state index < -0.39 is 0 Å². The molecule has 0 aliphatic carbocycles. The summed E-state index contributed by atoms with van der Waals surface area (Å²) in [7, 11) is 0. The van der Waals surface area contributed by atoms with Crippen molar-refractivity contribution in [1.29, 1.82) is 0 Å². The Hall–Kier alpha value is -1.26. The van der Waals surface area contributed by atoms with Gasteiger partial charge in [-0.25, -0.2) is 9.97 Å². The van der Waals surface area contributed by atoms with Crippen LogP contribution in [0.1, 0.15) is 35.7 Å². The van der Waals surface area contributed by atoms with E-state index in [1.165, 1.54) is 10.4 Å². The van der Waals surface area contributed by atoms with Gasteiger partial charge in [0.15, 0.2) is 0 Å². The van der Waals surface area contributed by atoms with Crippen molar-refractivity contribution in [1.82, 2.24) is 15.3 Å². The maximum Gasteiger partial charge on any atom is 0.149 e. The highest BCUT2D eigenvalue weighted by molar-refractivity contribution is 7.10. The third kappa shape index (κ3) is 3.11. The van der Waals surface area contributed by atoms with Crippen LogP contribution in [-0.2, 0) is 0 Å². The molecular weight excluding hydrogens is 230 g/mol. The standard InChI is InChI=1S/C13H17N3S/c1-3-5-14-12(11-8-10(2)17-9-11)13-15-6-4-7-16-13/h4,6-9,12,14H,3,5H2,1-2H3. The minimum Gasteiger partial charge on any atom is -0.304 e. The van der Waals surface area contributed by atoms with Crippen molar-refractivity contribution < 1.29 is 0 Å². The van der Waals surface area contributed by atoms with Crippen molar-refractivity contribution in [2.45, 2.75) is 26.3 Å². The zero-order valence-electron chi connectivity index (χ0n) is 10.2. The molecule has 0 bridgehead atoms. The predicted molar refractivity (Wildman–Crippen MR) is 71.2 cm³/mol. The average Bonchev–Trinajstić information content (AvgIpc) is 2.78. The molecule has 0 radical (unpaired) electrons. The van der Waals surface area contributed by atoms with Gasteiger partial charge in [0.05, 0.1) is 6.04 Å². The topological polar surface area (TPSA) is 37.8 Å². The van der Waals surface area contributed by atoms with Gasteiger partial charge in [-0.3, -0.25) is 0 Å². The first-order valence-electron chi connectivity index (χ1n) is 5.86. The summed E-state index contributed by atoms with van der Waals surface area (Å²) in [6.07, 6.45) is 4.69. The molecule has 0 saturated carbocycles. The fraction of sp³-hybridized carbons (Fsp3) is 0.385. The molecule has 1 unspecified atom stereocenters. The summed E-state index contributed by atoms with van der Waals surface area (Å²) in [4.78, 5) is 10.0. The fourth-order valence-corrected chi connectivity index (χ4v) is 2.45. The molecule has 90 valence electrons. The van der Waals surface area contributed by atoms with E-state index in [-0.39, 0.29) is 6.04 Å². The van der Waals surface area contributed by atoms with E-state index in [2.05, 4.69) is 40.6 Å². The lowest BCUT2D eigenvalue weighted by Gasteiger charge is -2.15. The van der Waals surface area contributed by atoms with Gasteiger partial charge in [-0.05, 0) is 43.0 Å². The lowest BCUT2D eigenvalue weighted by atomic mass is 10.1. The van der Waals surface area contributed by atoms with Crippen LogP contribution in [0.4, 0.5) is 0 Å². The quantitative estimate of drug-likeness (QED) is 0.882. The largest absolute Gasteiger partial charge is 0.304 e. The normalized spacial score (nSPS) is 12.6. The second-order valence-corrected chi connectivity index (χ2v) is 5.10. The number of nitrogens with one attached hydrogen (secondary N) is 1. The Bertz CT molecular complexity index is 453. The second kappa shape index (κ2) is 5.89. The first-order valence-corrected chi connectivity index (χ1v) is 6.74. The molecule has 2 rings (SSSR count). The number of hydrogen-bond donors (Lipinski definition) is 1. The van der Waals surface area contributed by atoms with Gasteiger partial charge in [0.2, 0.25) is 0 Å². The monoisotopic (exact) mass is 247 g/mol. The van der Waals surface area contributed by atoms with Gasteiger partial charge >= 0.3 is 0 Å². The summed E-state index contributed by atoms with van der Waals surface area (Å²) in [5.41, 5.74) is 1.26. The molecule has 0 aromatic carbocycles. The molecular formula is C13H17N3S. The highest BCUT2D eigenvalue weighted by atomic mass is 32.1. The van der Waals surface area contributed by atoms with E-state index in [0.717, 1.165) is 18.8 Å². The van der Waals surface area contributed by atoms with Crippen LogP contribution in [0.2, 0.25) is 0 Å². The van der Waals surface area contributed by atoms with Crippen molar-refractivity contribution in [3.63, 3.8) is 0 Å². The molecule has 2 heterocycles. The molecule has 0 aliphatic rings. The maximum atomic E-state index is 4.35. The number of hydrogen-bond acceptors (Lipinski definition) is 4. The highest BCUT2D eigenvalue weighted by Gasteiger charge is 2.16. The first-order chi connectivity index (χ1) is 8.31. The lowest BCUT2D eigenvalue weighted by Crippen LogP contribution is -2.24. The van der Waals surface area contributed by atoms with Crippen molar-refractivity contribution in [3.05, 3.63) is 46.2 Å². The third-order valence-corrected chi connectivity index (χ3v) is 3.41. The Balaban J connectivity index is 2.25. The van der Waals surface area contributed by atoms with Gasteiger partial charge in [0, 0.05) is 17.3 Å². The van der Waals surface area contributed by atoms with Gasteiger partial charge in [-0.2, -0.15) is 0 Å². The number of rotatable bonds is 5. The van der Waals surface area contributed by atoms with E-state index in [1.807, 2.05) is 6.07 Å². The zero-order valence-corrected chi connectivity index (χ0v) is 11.0. The molecule has 0 saturated heterocycles. The summed E-state index contributed by atoms with van der Waals surface area (Å²) in [5.74, 6) is 0.846.